The third kappa shape index (κ3) is 5.05. The lowest BCUT2D eigenvalue weighted by Gasteiger charge is -2.52. The lowest BCUT2D eigenvalue weighted by atomic mass is 9.73. The maximum atomic E-state index is 13.2. The summed E-state index contributed by atoms with van der Waals surface area (Å²) < 4.78 is 10.6. The SMILES string of the molecule is C=CCOC(=O)N1CCC[C@H]2C(c3ccccc3)N(CC)c3ccc(C(=O)NCCOC)cc3[C@H]21. The molecule has 4 rings (SSSR count). The summed E-state index contributed by atoms with van der Waals surface area (Å²) in [5, 5.41) is 2.91. The van der Waals surface area contributed by atoms with Gasteiger partial charge in [0, 0.05) is 43.9 Å². The first-order valence-corrected chi connectivity index (χ1v) is 12.4. The Balaban J connectivity index is 1.80. The van der Waals surface area contributed by atoms with Gasteiger partial charge in [-0.15, -0.1) is 0 Å². The number of anilines is 1. The molecule has 0 bridgehead atoms. The van der Waals surface area contributed by atoms with Crippen LogP contribution in [0.15, 0.2) is 61.2 Å². The third-order valence-corrected chi connectivity index (χ3v) is 6.97. The van der Waals surface area contributed by atoms with E-state index in [1.54, 1.807) is 13.2 Å². The normalized spacial score (nSPS) is 21.0. The number of hydrogen-bond donors (Lipinski definition) is 1. The summed E-state index contributed by atoms with van der Waals surface area (Å²) in [6.07, 6.45) is 3.13. The highest BCUT2D eigenvalue weighted by atomic mass is 16.6. The van der Waals surface area contributed by atoms with Crippen molar-refractivity contribution in [3.63, 3.8) is 0 Å². The number of nitrogens with one attached hydrogen (secondary N) is 1. The standard InChI is InChI=1S/C28H35N3O4/c1-4-17-35-28(33)31-16-9-12-22-25(20-10-7-6-8-11-20)30(5-2)24-14-13-21(19-23(24)26(22)31)27(32)29-15-18-34-3/h4,6-8,10-11,13-14,19,22,25-26H,1,5,9,12,15-18H2,2-3H3,(H,29,32)/t22-,25?,26-/m0/s1. The van der Waals surface area contributed by atoms with Crippen molar-refractivity contribution in [2.75, 3.05) is 44.9 Å². The van der Waals surface area contributed by atoms with E-state index < -0.39 is 0 Å². The fraction of sp³-hybridized carbons (Fsp3) is 0.429. The fourth-order valence-corrected chi connectivity index (χ4v) is 5.56. The number of methoxy groups -OCH3 is 1. The molecule has 7 heteroatoms. The second-order valence-corrected chi connectivity index (χ2v) is 8.97. The van der Waals surface area contributed by atoms with Crippen LogP contribution in [0.25, 0.3) is 0 Å². The van der Waals surface area contributed by atoms with Crippen molar-refractivity contribution in [3.8, 4) is 0 Å². The minimum Gasteiger partial charge on any atom is -0.445 e. The molecule has 2 aliphatic rings. The van der Waals surface area contributed by atoms with Gasteiger partial charge >= 0.3 is 6.09 Å². The van der Waals surface area contributed by atoms with Gasteiger partial charge < -0.3 is 24.6 Å². The van der Waals surface area contributed by atoms with Gasteiger partial charge in [-0.25, -0.2) is 4.79 Å². The number of piperidine rings is 1. The summed E-state index contributed by atoms with van der Waals surface area (Å²) in [7, 11) is 1.61. The zero-order chi connectivity index (χ0) is 24.8. The Morgan fingerprint density at radius 2 is 1.97 bits per heavy atom. The van der Waals surface area contributed by atoms with Crippen LogP contribution < -0.4 is 10.2 Å². The first-order valence-electron chi connectivity index (χ1n) is 12.4. The molecule has 2 aromatic rings. The number of carbonyl (C=O) groups is 2. The number of ether oxygens (including phenoxy) is 2. The summed E-state index contributed by atoms with van der Waals surface area (Å²) >= 11 is 0. The molecule has 2 aliphatic heterocycles. The molecule has 0 radical (unpaired) electrons. The molecule has 2 heterocycles. The molecule has 0 aliphatic carbocycles. The Kier molecular flexibility index (Phi) is 8.08. The Bertz CT molecular complexity index is 1040. The number of fused-ring (bicyclic) bond motifs is 3. The molecule has 0 aromatic heterocycles. The molecule has 0 spiro atoms. The minimum atomic E-state index is -0.336. The smallest absolute Gasteiger partial charge is 0.410 e. The van der Waals surface area contributed by atoms with Crippen LogP contribution >= 0.6 is 0 Å². The average molecular weight is 478 g/mol. The van der Waals surface area contributed by atoms with Gasteiger partial charge in [0.05, 0.1) is 18.7 Å². The first-order chi connectivity index (χ1) is 17.1. The van der Waals surface area contributed by atoms with E-state index in [2.05, 4.69) is 48.0 Å². The van der Waals surface area contributed by atoms with Crippen molar-refractivity contribution in [2.24, 2.45) is 5.92 Å². The van der Waals surface area contributed by atoms with Gasteiger partial charge in [-0.3, -0.25) is 4.79 Å². The molecule has 2 aromatic carbocycles. The lowest BCUT2D eigenvalue weighted by molar-refractivity contribution is 0.0465. The largest absolute Gasteiger partial charge is 0.445 e. The van der Waals surface area contributed by atoms with Crippen molar-refractivity contribution in [1.82, 2.24) is 10.2 Å². The van der Waals surface area contributed by atoms with Gasteiger partial charge in [-0.2, -0.15) is 0 Å². The van der Waals surface area contributed by atoms with Crippen molar-refractivity contribution in [1.29, 1.82) is 0 Å². The van der Waals surface area contributed by atoms with E-state index in [4.69, 9.17) is 9.47 Å². The molecule has 35 heavy (non-hydrogen) atoms. The van der Waals surface area contributed by atoms with Crippen LogP contribution in [0, 0.1) is 5.92 Å². The molecule has 186 valence electrons. The highest BCUT2D eigenvalue weighted by Gasteiger charge is 2.47. The van der Waals surface area contributed by atoms with Gasteiger partial charge in [0.1, 0.15) is 6.61 Å². The van der Waals surface area contributed by atoms with Crippen LogP contribution in [0.1, 0.15) is 53.3 Å². The van der Waals surface area contributed by atoms with Gasteiger partial charge in [0.15, 0.2) is 0 Å². The Morgan fingerprint density at radius 3 is 2.69 bits per heavy atom. The molecule has 0 saturated carbocycles. The highest BCUT2D eigenvalue weighted by Crippen LogP contribution is 2.53. The maximum Gasteiger partial charge on any atom is 0.410 e. The van der Waals surface area contributed by atoms with E-state index in [-0.39, 0.29) is 36.6 Å². The maximum absolute atomic E-state index is 13.2. The second kappa shape index (κ2) is 11.4. The number of nitrogens with zero attached hydrogens (tertiary/aromatic N) is 2. The molecule has 1 unspecified atom stereocenters. The van der Waals surface area contributed by atoms with Gasteiger partial charge in [0.25, 0.3) is 5.91 Å². The quantitative estimate of drug-likeness (QED) is 0.440. The summed E-state index contributed by atoms with van der Waals surface area (Å²) in [4.78, 5) is 30.3. The fourth-order valence-electron chi connectivity index (χ4n) is 5.56. The van der Waals surface area contributed by atoms with Crippen molar-refractivity contribution in [3.05, 3.63) is 77.9 Å². The number of amides is 2. The zero-order valence-electron chi connectivity index (χ0n) is 20.6. The molecule has 1 N–H and O–H groups in total. The Labute approximate surface area is 207 Å². The third-order valence-electron chi connectivity index (χ3n) is 6.97. The van der Waals surface area contributed by atoms with E-state index in [1.807, 2.05) is 29.2 Å². The lowest BCUT2D eigenvalue weighted by Crippen LogP contribution is -2.51. The van der Waals surface area contributed by atoms with E-state index in [9.17, 15) is 9.59 Å². The molecule has 1 saturated heterocycles. The average Bonchev–Trinajstić information content (AvgIpc) is 2.90. The number of hydrogen-bond acceptors (Lipinski definition) is 5. The van der Waals surface area contributed by atoms with Crippen molar-refractivity contribution < 1.29 is 19.1 Å². The number of benzene rings is 2. The first kappa shape index (κ1) is 24.8. The number of rotatable bonds is 8. The molecule has 7 nitrogen and oxygen atoms in total. The summed E-state index contributed by atoms with van der Waals surface area (Å²) in [5.41, 5.74) is 3.87. The molecule has 1 fully saturated rings. The van der Waals surface area contributed by atoms with Crippen molar-refractivity contribution >= 4 is 17.7 Å². The minimum absolute atomic E-state index is 0.120. The number of carbonyl (C=O) groups excluding carboxylic acids is 2. The van der Waals surface area contributed by atoms with Crippen LogP contribution in [0.4, 0.5) is 10.5 Å². The summed E-state index contributed by atoms with van der Waals surface area (Å²) in [6.45, 7) is 8.33. The molecule has 2 amide bonds. The highest BCUT2D eigenvalue weighted by molar-refractivity contribution is 5.95. The molecular formula is C28H35N3O4. The Hall–Kier alpha value is -3.32. The predicted octanol–water partition coefficient (Wildman–Crippen LogP) is 4.72. The van der Waals surface area contributed by atoms with Crippen LogP contribution in [-0.2, 0) is 9.47 Å². The zero-order valence-corrected chi connectivity index (χ0v) is 20.6. The van der Waals surface area contributed by atoms with Crippen LogP contribution in [-0.4, -0.2) is 56.9 Å². The summed E-state index contributed by atoms with van der Waals surface area (Å²) in [5.74, 6) is 0.0212. The topological polar surface area (TPSA) is 71.1 Å². The van der Waals surface area contributed by atoms with E-state index in [0.29, 0.717) is 25.3 Å². The van der Waals surface area contributed by atoms with Crippen LogP contribution in [0.3, 0.4) is 0 Å². The monoisotopic (exact) mass is 477 g/mol. The predicted molar refractivity (Wildman–Crippen MR) is 137 cm³/mol. The van der Waals surface area contributed by atoms with Gasteiger partial charge in [-0.05, 0) is 49.1 Å². The molecule has 3 atom stereocenters. The summed E-state index contributed by atoms with van der Waals surface area (Å²) in [6, 6.07) is 16.3. The van der Waals surface area contributed by atoms with E-state index in [0.717, 1.165) is 30.6 Å². The van der Waals surface area contributed by atoms with Gasteiger partial charge in [0.2, 0.25) is 0 Å². The number of likely N-dealkylation sites (tertiary alicyclic amines) is 1. The van der Waals surface area contributed by atoms with Crippen molar-refractivity contribution in [2.45, 2.75) is 31.8 Å². The van der Waals surface area contributed by atoms with E-state index in [1.165, 1.54) is 5.56 Å². The second-order valence-electron chi connectivity index (χ2n) is 8.97. The molecular weight excluding hydrogens is 442 g/mol. The van der Waals surface area contributed by atoms with Gasteiger partial charge in [-0.1, -0.05) is 43.0 Å². The Morgan fingerprint density at radius 1 is 1.17 bits per heavy atom. The van der Waals surface area contributed by atoms with Crippen LogP contribution in [0.5, 0.6) is 0 Å². The van der Waals surface area contributed by atoms with Crippen LogP contribution in [0.2, 0.25) is 0 Å². The van der Waals surface area contributed by atoms with E-state index >= 15 is 0 Å².